The fraction of sp³-hybridized carbons (Fsp3) is 0.588. The molecule has 1 aliphatic heterocycles. The van der Waals surface area contributed by atoms with Crippen LogP contribution in [-0.4, -0.2) is 55.2 Å². The van der Waals surface area contributed by atoms with Gasteiger partial charge in [0.05, 0.1) is 13.7 Å². The number of carbonyl (C=O) groups is 1. The molecule has 136 valence electrons. The van der Waals surface area contributed by atoms with Crippen LogP contribution in [0.4, 0.5) is 0 Å². The summed E-state index contributed by atoms with van der Waals surface area (Å²) >= 11 is 2.00. The largest absolute Gasteiger partial charge is 0.496 e. The molecule has 0 bridgehead atoms. The lowest BCUT2D eigenvalue weighted by atomic mass is 10.0. The van der Waals surface area contributed by atoms with Gasteiger partial charge < -0.3 is 15.2 Å². The first kappa shape index (κ1) is 21.1. The van der Waals surface area contributed by atoms with Gasteiger partial charge in [-0.05, 0) is 25.0 Å². The standard InChI is InChI=1S/C17H26N2O3S.ClH/c1-3-22-17(20)15(18)11-13-4-5-16(21-2)14(10-13)12-19-6-8-23-9-7-19;/h4-5,10,15H,3,6-9,11-12,18H2,1-2H3;1H. The van der Waals surface area contributed by atoms with Crippen LogP contribution in [0.25, 0.3) is 0 Å². The molecule has 24 heavy (non-hydrogen) atoms. The first-order valence-electron chi connectivity index (χ1n) is 8.02. The molecule has 7 heteroatoms. The van der Waals surface area contributed by atoms with Crippen LogP contribution in [0.15, 0.2) is 18.2 Å². The SMILES string of the molecule is CCOC(=O)C(N)Cc1ccc(OC)c(CN2CCSCC2)c1.Cl. The van der Waals surface area contributed by atoms with Gasteiger partial charge in [0.15, 0.2) is 0 Å². The average molecular weight is 375 g/mol. The summed E-state index contributed by atoms with van der Waals surface area (Å²) in [4.78, 5) is 14.1. The summed E-state index contributed by atoms with van der Waals surface area (Å²) in [6, 6.07) is 5.40. The number of benzene rings is 1. The summed E-state index contributed by atoms with van der Waals surface area (Å²) in [5.41, 5.74) is 8.10. The van der Waals surface area contributed by atoms with Crippen LogP contribution in [0.3, 0.4) is 0 Å². The molecule has 1 fully saturated rings. The molecule has 1 unspecified atom stereocenters. The van der Waals surface area contributed by atoms with Gasteiger partial charge in [-0.1, -0.05) is 12.1 Å². The minimum atomic E-state index is -0.623. The van der Waals surface area contributed by atoms with Crippen molar-refractivity contribution < 1.29 is 14.3 Å². The number of hydrogen-bond acceptors (Lipinski definition) is 6. The highest BCUT2D eigenvalue weighted by atomic mass is 35.5. The summed E-state index contributed by atoms with van der Waals surface area (Å²) in [5.74, 6) is 2.89. The smallest absolute Gasteiger partial charge is 0.323 e. The molecular formula is C17H27ClN2O3S. The maximum Gasteiger partial charge on any atom is 0.323 e. The van der Waals surface area contributed by atoms with Gasteiger partial charge in [0.2, 0.25) is 0 Å². The highest BCUT2D eigenvalue weighted by Gasteiger charge is 2.17. The Kier molecular flexibility index (Phi) is 9.51. The molecule has 0 aromatic heterocycles. The third-order valence-electron chi connectivity index (χ3n) is 3.89. The summed E-state index contributed by atoms with van der Waals surface area (Å²) in [6.07, 6.45) is 0.478. The van der Waals surface area contributed by atoms with E-state index in [1.165, 1.54) is 11.5 Å². The highest BCUT2D eigenvalue weighted by molar-refractivity contribution is 7.99. The zero-order valence-electron chi connectivity index (χ0n) is 14.3. The molecule has 1 aromatic carbocycles. The number of nitrogens with zero attached hydrogens (tertiary/aromatic N) is 1. The molecular weight excluding hydrogens is 348 g/mol. The number of ether oxygens (including phenoxy) is 2. The second kappa shape index (κ2) is 10.8. The number of rotatable bonds is 7. The maximum absolute atomic E-state index is 11.7. The average Bonchev–Trinajstić information content (AvgIpc) is 2.56. The van der Waals surface area contributed by atoms with E-state index in [-0.39, 0.29) is 18.4 Å². The van der Waals surface area contributed by atoms with Gasteiger partial charge in [-0.2, -0.15) is 11.8 Å². The van der Waals surface area contributed by atoms with E-state index in [4.69, 9.17) is 15.2 Å². The molecule has 1 heterocycles. The van der Waals surface area contributed by atoms with E-state index in [0.29, 0.717) is 13.0 Å². The van der Waals surface area contributed by atoms with Gasteiger partial charge in [0.1, 0.15) is 11.8 Å². The van der Waals surface area contributed by atoms with Crippen molar-refractivity contribution in [2.45, 2.75) is 25.9 Å². The van der Waals surface area contributed by atoms with Gasteiger partial charge in [0.25, 0.3) is 0 Å². The molecule has 0 radical (unpaired) electrons. The van der Waals surface area contributed by atoms with Crippen molar-refractivity contribution in [2.75, 3.05) is 38.3 Å². The zero-order valence-corrected chi connectivity index (χ0v) is 16.0. The Hall–Kier alpha value is -0.950. The van der Waals surface area contributed by atoms with Crippen LogP contribution in [0.1, 0.15) is 18.1 Å². The van der Waals surface area contributed by atoms with Crippen LogP contribution in [-0.2, 0) is 22.5 Å². The summed E-state index contributed by atoms with van der Waals surface area (Å²) in [5, 5.41) is 0. The van der Waals surface area contributed by atoms with E-state index in [1.54, 1.807) is 14.0 Å². The quantitative estimate of drug-likeness (QED) is 0.737. The number of hydrogen-bond donors (Lipinski definition) is 1. The predicted octanol–water partition coefficient (Wildman–Crippen LogP) is 2.10. The van der Waals surface area contributed by atoms with Gasteiger partial charge in [-0.3, -0.25) is 9.69 Å². The maximum atomic E-state index is 11.7. The lowest BCUT2D eigenvalue weighted by Gasteiger charge is -2.27. The Morgan fingerprint density at radius 1 is 1.38 bits per heavy atom. The minimum Gasteiger partial charge on any atom is -0.496 e. The number of methoxy groups -OCH3 is 1. The predicted molar refractivity (Wildman–Crippen MR) is 101 cm³/mol. The fourth-order valence-corrected chi connectivity index (χ4v) is 3.65. The van der Waals surface area contributed by atoms with Crippen molar-refractivity contribution in [3.8, 4) is 5.75 Å². The van der Waals surface area contributed by atoms with E-state index in [0.717, 1.165) is 36.5 Å². The Labute approximate surface area is 154 Å². The van der Waals surface area contributed by atoms with Crippen LogP contribution in [0.2, 0.25) is 0 Å². The number of carbonyl (C=O) groups excluding carboxylic acids is 1. The molecule has 2 rings (SSSR count). The van der Waals surface area contributed by atoms with E-state index in [9.17, 15) is 4.79 Å². The van der Waals surface area contributed by atoms with Crippen molar-refractivity contribution in [2.24, 2.45) is 5.73 Å². The zero-order chi connectivity index (χ0) is 16.7. The molecule has 1 aromatic rings. The van der Waals surface area contributed by atoms with Gasteiger partial charge in [-0.15, -0.1) is 12.4 Å². The van der Waals surface area contributed by atoms with E-state index in [1.807, 2.05) is 23.9 Å². The number of nitrogens with two attached hydrogens (primary N) is 1. The normalized spacial score (nSPS) is 16.1. The summed E-state index contributed by atoms with van der Waals surface area (Å²) in [6.45, 7) is 5.20. The molecule has 1 aliphatic rings. The molecule has 1 atom stereocenters. The van der Waals surface area contributed by atoms with Crippen LogP contribution in [0.5, 0.6) is 5.75 Å². The molecule has 1 saturated heterocycles. The Bertz CT molecular complexity index is 525. The Morgan fingerprint density at radius 3 is 2.71 bits per heavy atom. The Morgan fingerprint density at radius 2 is 2.08 bits per heavy atom. The number of esters is 1. The van der Waals surface area contributed by atoms with Gasteiger partial charge in [0, 0.05) is 36.7 Å². The topological polar surface area (TPSA) is 64.8 Å². The molecule has 5 nitrogen and oxygen atoms in total. The van der Waals surface area contributed by atoms with Crippen LogP contribution in [0, 0.1) is 0 Å². The monoisotopic (exact) mass is 374 g/mol. The van der Waals surface area contributed by atoms with Crippen LogP contribution < -0.4 is 10.5 Å². The fourth-order valence-electron chi connectivity index (χ4n) is 2.67. The second-order valence-corrected chi connectivity index (χ2v) is 6.82. The van der Waals surface area contributed by atoms with Gasteiger partial charge in [-0.25, -0.2) is 0 Å². The molecule has 0 saturated carbocycles. The number of thioether (sulfide) groups is 1. The first-order chi connectivity index (χ1) is 11.1. The first-order valence-corrected chi connectivity index (χ1v) is 9.17. The lowest BCUT2D eigenvalue weighted by Crippen LogP contribution is -2.34. The van der Waals surface area contributed by atoms with Crippen molar-refractivity contribution in [3.05, 3.63) is 29.3 Å². The summed E-state index contributed by atoms with van der Waals surface area (Å²) < 4.78 is 10.5. The second-order valence-electron chi connectivity index (χ2n) is 5.60. The third-order valence-corrected chi connectivity index (χ3v) is 4.83. The molecule has 0 spiro atoms. The van der Waals surface area contributed by atoms with E-state index in [2.05, 4.69) is 11.0 Å². The van der Waals surface area contributed by atoms with E-state index >= 15 is 0 Å². The molecule has 2 N–H and O–H groups in total. The highest BCUT2D eigenvalue weighted by Crippen LogP contribution is 2.23. The van der Waals surface area contributed by atoms with Crippen molar-refractivity contribution >= 4 is 30.1 Å². The molecule has 0 aliphatic carbocycles. The van der Waals surface area contributed by atoms with E-state index < -0.39 is 6.04 Å². The van der Waals surface area contributed by atoms with Crippen molar-refractivity contribution in [1.82, 2.24) is 4.90 Å². The minimum absolute atomic E-state index is 0. The van der Waals surface area contributed by atoms with Gasteiger partial charge >= 0.3 is 5.97 Å². The molecule has 0 amide bonds. The lowest BCUT2D eigenvalue weighted by molar-refractivity contribution is -0.144. The number of halogens is 1. The summed E-state index contributed by atoms with van der Waals surface area (Å²) in [7, 11) is 1.69. The Balaban J connectivity index is 0.00000288. The third kappa shape index (κ3) is 6.16. The van der Waals surface area contributed by atoms with Crippen LogP contribution >= 0.6 is 24.2 Å². The van der Waals surface area contributed by atoms with Crippen molar-refractivity contribution in [1.29, 1.82) is 0 Å². The van der Waals surface area contributed by atoms with Crippen molar-refractivity contribution in [3.63, 3.8) is 0 Å².